The summed E-state index contributed by atoms with van der Waals surface area (Å²) in [7, 11) is 0. The molecule has 0 saturated carbocycles. The molecule has 1 aromatic heterocycles. The van der Waals surface area contributed by atoms with E-state index in [1.54, 1.807) is 12.1 Å². The summed E-state index contributed by atoms with van der Waals surface area (Å²) in [6, 6.07) is 3.35. The second-order valence-electron chi connectivity index (χ2n) is 2.60. The van der Waals surface area contributed by atoms with Crippen molar-refractivity contribution in [3.63, 3.8) is 0 Å². The summed E-state index contributed by atoms with van der Waals surface area (Å²) >= 11 is 0. The van der Waals surface area contributed by atoms with Crippen LogP contribution in [-0.2, 0) is 14.3 Å². The Bertz CT molecular complexity index is 373. The van der Waals surface area contributed by atoms with Crippen LogP contribution in [0.3, 0.4) is 0 Å². The van der Waals surface area contributed by atoms with Gasteiger partial charge in [-0.1, -0.05) is 12.7 Å². The second-order valence-corrected chi connectivity index (χ2v) is 2.60. The number of furan rings is 1. The highest BCUT2D eigenvalue weighted by Gasteiger charge is 2.10. The number of rotatable bonds is 5. The van der Waals surface area contributed by atoms with Gasteiger partial charge < -0.3 is 9.15 Å². The first-order valence-corrected chi connectivity index (χ1v) is 4.27. The summed E-state index contributed by atoms with van der Waals surface area (Å²) < 4.78 is 9.47. The van der Waals surface area contributed by atoms with Crippen molar-refractivity contribution in [3.05, 3.63) is 42.9 Å². The molecule has 0 spiro atoms. The Hall–Kier alpha value is -2.10. The Morgan fingerprint density at radius 3 is 2.93 bits per heavy atom. The Balaban J connectivity index is 2.48. The van der Waals surface area contributed by atoms with Gasteiger partial charge in [-0.25, -0.2) is 4.79 Å². The zero-order chi connectivity index (χ0) is 11.1. The second kappa shape index (κ2) is 5.59. The molecule has 0 fully saturated rings. The zero-order valence-electron chi connectivity index (χ0n) is 8.01. The Kier molecular flexibility index (Phi) is 4.09. The lowest BCUT2D eigenvalue weighted by atomic mass is 10.3. The van der Waals surface area contributed by atoms with Gasteiger partial charge in [0.1, 0.15) is 12.4 Å². The highest BCUT2D eigenvalue weighted by molar-refractivity contribution is 6.39. The van der Waals surface area contributed by atoms with Crippen molar-refractivity contribution in [2.45, 2.75) is 0 Å². The minimum Gasteiger partial charge on any atom is -0.465 e. The van der Waals surface area contributed by atoms with Crippen LogP contribution < -0.4 is 0 Å². The van der Waals surface area contributed by atoms with Crippen molar-refractivity contribution in [2.24, 2.45) is 0 Å². The van der Waals surface area contributed by atoms with Crippen molar-refractivity contribution in [1.29, 1.82) is 0 Å². The molecule has 0 aliphatic heterocycles. The van der Waals surface area contributed by atoms with Gasteiger partial charge in [0.25, 0.3) is 5.78 Å². The van der Waals surface area contributed by atoms with E-state index < -0.39 is 11.8 Å². The highest BCUT2D eigenvalue weighted by atomic mass is 16.5. The first kappa shape index (κ1) is 11.0. The molecule has 0 unspecified atom stereocenters. The third kappa shape index (κ3) is 3.64. The molecule has 4 heteroatoms. The molecule has 0 amide bonds. The van der Waals surface area contributed by atoms with Gasteiger partial charge in [0.15, 0.2) is 0 Å². The van der Waals surface area contributed by atoms with Gasteiger partial charge in [-0.05, 0) is 24.3 Å². The largest absolute Gasteiger partial charge is 0.465 e. The van der Waals surface area contributed by atoms with Crippen molar-refractivity contribution in [3.8, 4) is 0 Å². The van der Waals surface area contributed by atoms with Crippen LogP contribution in [0.2, 0.25) is 0 Å². The van der Waals surface area contributed by atoms with Crippen LogP contribution in [0.25, 0.3) is 6.08 Å². The van der Waals surface area contributed by atoms with Crippen LogP contribution in [0.4, 0.5) is 0 Å². The Morgan fingerprint density at radius 1 is 1.53 bits per heavy atom. The van der Waals surface area contributed by atoms with Crippen LogP contribution in [-0.4, -0.2) is 18.4 Å². The topological polar surface area (TPSA) is 56.5 Å². The summed E-state index contributed by atoms with van der Waals surface area (Å²) in [6.07, 6.45) is 5.36. The molecule has 4 nitrogen and oxygen atoms in total. The average molecular weight is 206 g/mol. The first-order valence-electron chi connectivity index (χ1n) is 4.27. The third-order valence-corrected chi connectivity index (χ3v) is 1.48. The number of ketones is 1. The molecular formula is C11H10O4. The van der Waals surface area contributed by atoms with Crippen LogP contribution in [0.5, 0.6) is 0 Å². The van der Waals surface area contributed by atoms with E-state index in [0.29, 0.717) is 5.76 Å². The van der Waals surface area contributed by atoms with E-state index in [-0.39, 0.29) is 6.61 Å². The van der Waals surface area contributed by atoms with E-state index in [0.717, 1.165) is 6.08 Å². The van der Waals surface area contributed by atoms with Gasteiger partial charge in [0, 0.05) is 0 Å². The molecule has 0 aliphatic carbocycles. The molecule has 0 aromatic carbocycles. The van der Waals surface area contributed by atoms with E-state index in [1.165, 1.54) is 18.4 Å². The van der Waals surface area contributed by atoms with Crippen molar-refractivity contribution < 1.29 is 18.7 Å². The molecule has 78 valence electrons. The molecule has 1 aromatic rings. The van der Waals surface area contributed by atoms with Crippen molar-refractivity contribution >= 4 is 17.8 Å². The fourth-order valence-electron chi connectivity index (χ4n) is 0.818. The third-order valence-electron chi connectivity index (χ3n) is 1.48. The minimum absolute atomic E-state index is 0.0269. The fourth-order valence-corrected chi connectivity index (χ4v) is 0.818. The molecular weight excluding hydrogens is 196 g/mol. The number of hydrogen-bond acceptors (Lipinski definition) is 4. The molecule has 0 atom stereocenters. The number of hydrogen-bond donors (Lipinski definition) is 0. The van der Waals surface area contributed by atoms with Gasteiger partial charge in [-0.15, -0.1) is 0 Å². The molecule has 1 rings (SSSR count). The molecule has 1 heterocycles. The van der Waals surface area contributed by atoms with E-state index in [1.807, 2.05) is 0 Å². The minimum atomic E-state index is -0.905. The van der Waals surface area contributed by atoms with E-state index in [9.17, 15) is 9.59 Å². The van der Waals surface area contributed by atoms with Crippen molar-refractivity contribution in [2.75, 3.05) is 6.61 Å². The highest BCUT2D eigenvalue weighted by Crippen LogP contribution is 2.02. The fraction of sp³-hybridized carbons (Fsp3) is 0.0909. The number of ether oxygens (including phenoxy) is 1. The summed E-state index contributed by atoms with van der Waals surface area (Å²) in [6.45, 7) is 3.38. The maximum absolute atomic E-state index is 11.1. The zero-order valence-corrected chi connectivity index (χ0v) is 8.01. The summed E-state index contributed by atoms with van der Waals surface area (Å²) in [5.41, 5.74) is 0. The van der Waals surface area contributed by atoms with Crippen LogP contribution in [0.1, 0.15) is 5.76 Å². The van der Waals surface area contributed by atoms with E-state index in [4.69, 9.17) is 4.42 Å². The van der Waals surface area contributed by atoms with Crippen molar-refractivity contribution in [1.82, 2.24) is 0 Å². The molecule has 0 radical (unpaired) electrons. The smallest absolute Gasteiger partial charge is 0.379 e. The molecule has 15 heavy (non-hydrogen) atoms. The van der Waals surface area contributed by atoms with Gasteiger partial charge in [-0.3, -0.25) is 4.79 Å². The Morgan fingerprint density at radius 2 is 2.33 bits per heavy atom. The maximum Gasteiger partial charge on any atom is 0.379 e. The standard InChI is InChI=1S/C11H10O4/c1-2-7-15-11(13)10(12)6-5-9-4-3-8-14-9/h2-6,8H,1,7H2. The lowest BCUT2D eigenvalue weighted by Gasteiger charge is -1.95. The van der Waals surface area contributed by atoms with Gasteiger partial charge in [-0.2, -0.15) is 0 Å². The van der Waals surface area contributed by atoms with Gasteiger partial charge >= 0.3 is 5.97 Å². The normalized spacial score (nSPS) is 10.1. The van der Waals surface area contributed by atoms with Crippen LogP contribution >= 0.6 is 0 Å². The van der Waals surface area contributed by atoms with Crippen LogP contribution in [0.15, 0.2) is 41.5 Å². The van der Waals surface area contributed by atoms with E-state index in [2.05, 4.69) is 11.3 Å². The van der Waals surface area contributed by atoms with E-state index >= 15 is 0 Å². The molecule has 0 N–H and O–H groups in total. The van der Waals surface area contributed by atoms with Crippen LogP contribution in [0, 0.1) is 0 Å². The SMILES string of the molecule is C=CCOC(=O)C(=O)C=Cc1ccco1. The molecule has 0 aliphatic rings. The Labute approximate surface area is 86.8 Å². The lowest BCUT2D eigenvalue weighted by Crippen LogP contribution is -2.14. The maximum atomic E-state index is 11.1. The summed E-state index contributed by atoms with van der Waals surface area (Å²) in [4.78, 5) is 22.1. The molecule has 0 bridgehead atoms. The monoisotopic (exact) mass is 206 g/mol. The number of carbonyl (C=O) groups is 2. The van der Waals surface area contributed by atoms with Gasteiger partial charge in [0.2, 0.25) is 0 Å². The number of esters is 1. The lowest BCUT2D eigenvalue weighted by molar-refractivity contribution is -0.150. The van der Waals surface area contributed by atoms with Gasteiger partial charge in [0.05, 0.1) is 6.26 Å². The molecule has 0 saturated heterocycles. The summed E-state index contributed by atoms with van der Waals surface area (Å²) in [5, 5.41) is 0. The predicted molar refractivity (Wildman–Crippen MR) is 53.9 cm³/mol. The predicted octanol–water partition coefficient (Wildman–Crippen LogP) is 1.59. The number of carbonyl (C=O) groups excluding carboxylic acids is 2. The average Bonchev–Trinajstić information content (AvgIpc) is 2.75. The summed E-state index contributed by atoms with van der Waals surface area (Å²) in [5.74, 6) is -1.13. The first-order chi connectivity index (χ1) is 7.24. The quantitative estimate of drug-likeness (QED) is 0.318.